The van der Waals surface area contributed by atoms with Gasteiger partial charge < -0.3 is 30.7 Å². The molecule has 1 aromatic carbocycles. The molecule has 200 valence electrons. The molecule has 0 spiro atoms. The number of aromatic nitrogens is 1. The highest BCUT2D eigenvalue weighted by Gasteiger charge is 2.60. The summed E-state index contributed by atoms with van der Waals surface area (Å²) in [6.45, 7) is 2.82. The molecule has 2 aromatic rings. The van der Waals surface area contributed by atoms with Crippen molar-refractivity contribution in [2.75, 3.05) is 4.72 Å². The first kappa shape index (κ1) is 25.5. The lowest BCUT2D eigenvalue weighted by Gasteiger charge is -2.46. The number of phenols is 1. The molecule has 0 radical (unpaired) electrons. The number of Topliss-reactive ketones (excluding diaryl/α,β-unsaturated/α-hetero) is 2. The zero-order chi connectivity index (χ0) is 27.9. The fourth-order valence-corrected chi connectivity index (χ4v) is 7.13. The lowest BCUT2D eigenvalue weighted by atomic mass is 9.59. The van der Waals surface area contributed by atoms with Crippen LogP contribution < -0.4 is 10.5 Å². The number of hydrogen-bond acceptors (Lipinski definition) is 11. The van der Waals surface area contributed by atoms with Crippen molar-refractivity contribution < 1.29 is 47.8 Å². The SMILES string of the molecule is Cc1noc(C)c1S(=O)(=O)Nc1ccc2c(c1O)C(O)=C1C(=O)C3(O)C(O)=C(C(N)=O)C(=O)CC3CC1C2. The Balaban J connectivity index is 1.61. The number of anilines is 1. The van der Waals surface area contributed by atoms with E-state index in [0.29, 0.717) is 5.56 Å². The van der Waals surface area contributed by atoms with Crippen LogP contribution in [0.4, 0.5) is 5.69 Å². The van der Waals surface area contributed by atoms with Crippen LogP contribution in [0.2, 0.25) is 0 Å². The van der Waals surface area contributed by atoms with E-state index in [1.54, 1.807) is 0 Å². The third-order valence-corrected chi connectivity index (χ3v) is 9.03. The molecule has 1 heterocycles. The van der Waals surface area contributed by atoms with Gasteiger partial charge in [0.05, 0.1) is 11.3 Å². The topological polar surface area (TPSA) is 230 Å². The molecule has 0 saturated heterocycles. The number of aliphatic hydroxyl groups is 3. The molecule has 7 N–H and O–H groups in total. The Hall–Kier alpha value is -4.17. The molecule has 0 bridgehead atoms. The van der Waals surface area contributed by atoms with Crippen LogP contribution in [0.1, 0.15) is 35.4 Å². The predicted octanol–water partition coefficient (Wildman–Crippen LogP) is 0.830. The lowest BCUT2D eigenvalue weighted by molar-refractivity contribution is -0.147. The largest absolute Gasteiger partial charge is 0.508 e. The van der Waals surface area contributed by atoms with Crippen molar-refractivity contribution in [1.82, 2.24) is 5.16 Å². The summed E-state index contributed by atoms with van der Waals surface area (Å²) in [5, 5.41) is 47.6. The van der Waals surface area contributed by atoms with Crippen LogP contribution in [0.5, 0.6) is 5.75 Å². The summed E-state index contributed by atoms with van der Waals surface area (Å²) in [7, 11) is -4.27. The molecular formula is C24H23N3O10S. The van der Waals surface area contributed by atoms with E-state index in [1.807, 2.05) is 0 Å². The van der Waals surface area contributed by atoms with Crippen molar-refractivity contribution in [1.29, 1.82) is 0 Å². The number of aliphatic hydroxyl groups excluding tert-OH is 2. The molecule has 1 amide bonds. The molecule has 38 heavy (non-hydrogen) atoms. The molecule has 3 aliphatic carbocycles. The molecule has 3 unspecified atom stereocenters. The minimum absolute atomic E-state index is 0.00982. The third kappa shape index (κ3) is 3.36. The highest BCUT2D eigenvalue weighted by Crippen LogP contribution is 2.52. The van der Waals surface area contributed by atoms with E-state index in [1.165, 1.54) is 26.0 Å². The number of sulfonamides is 1. The van der Waals surface area contributed by atoms with Crippen LogP contribution in [0, 0.1) is 25.7 Å². The van der Waals surface area contributed by atoms with Gasteiger partial charge in [0, 0.05) is 17.9 Å². The molecule has 1 fully saturated rings. The van der Waals surface area contributed by atoms with Gasteiger partial charge in [0.2, 0.25) is 5.78 Å². The van der Waals surface area contributed by atoms with Gasteiger partial charge in [-0.15, -0.1) is 0 Å². The van der Waals surface area contributed by atoms with Gasteiger partial charge in [-0.1, -0.05) is 11.2 Å². The molecule has 5 rings (SSSR count). The number of carbonyl (C=O) groups excluding carboxylic acids is 3. The van der Waals surface area contributed by atoms with Crippen molar-refractivity contribution in [2.45, 2.75) is 43.6 Å². The van der Waals surface area contributed by atoms with E-state index in [0.717, 1.165) is 0 Å². The van der Waals surface area contributed by atoms with Gasteiger partial charge in [-0.3, -0.25) is 19.1 Å². The molecule has 0 aliphatic heterocycles. The first-order valence-electron chi connectivity index (χ1n) is 11.5. The number of amides is 1. The van der Waals surface area contributed by atoms with Crippen LogP contribution in [0.3, 0.4) is 0 Å². The van der Waals surface area contributed by atoms with Crippen LogP contribution in [0.15, 0.2) is 38.5 Å². The normalized spacial score (nSPS) is 25.1. The summed E-state index contributed by atoms with van der Waals surface area (Å²) in [5.41, 5.74) is 1.20. The smallest absolute Gasteiger partial charge is 0.267 e. The number of aromatic hydroxyl groups is 1. The zero-order valence-corrected chi connectivity index (χ0v) is 20.9. The highest BCUT2D eigenvalue weighted by molar-refractivity contribution is 7.92. The number of benzene rings is 1. The molecule has 1 aromatic heterocycles. The Kier molecular flexibility index (Phi) is 5.47. The van der Waals surface area contributed by atoms with E-state index < -0.39 is 74.2 Å². The Labute approximate surface area is 215 Å². The van der Waals surface area contributed by atoms with Gasteiger partial charge in [-0.25, -0.2) is 8.42 Å². The van der Waals surface area contributed by atoms with E-state index in [4.69, 9.17) is 10.3 Å². The number of ketones is 2. The predicted molar refractivity (Wildman–Crippen MR) is 128 cm³/mol. The Morgan fingerprint density at radius 1 is 1.18 bits per heavy atom. The van der Waals surface area contributed by atoms with Gasteiger partial charge in [-0.05, 0) is 44.2 Å². The lowest BCUT2D eigenvalue weighted by Crippen LogP contribution is -2.58. The number of aryl methyl sites for hydroxylation is 2. The van der Waals surface area contributed by atoms with Crippen molar-refractivity contribution in [3.63, 3.8) is 0 Å². The maximum Gasteiger partial charge on any atom is 0.267 e. The summed E-state index contributed by atoms with van der Waals surface area (Å²) in [6.07, 6.45) is -0.335. The number of nitrogens with two attached hydrogens (primary N) is 1. The summed E-state index contributed by atoms with van der Waals surface area (Å²) in [4.78, 5) is 37.4. The zero-order valence-electron chi connectivity index (χ0n) is 20.1. The molecule has 3 atom stereocenters. The Morgan fingerprint density at radius 2 is 1.87 bits per heavy atom. The van der Waals surface area contributed by atoms with Crippen LogP contribution in [-0.4, -0.2) is 57.1 Å². The summed E-state index contributed by atoms with van der Waals surface area (Å²) < 4.78 is 33.0. The summed E-state index contributed by atoms with van der Waals surface area (Å²) in [5.74, 6) is -7.60. The fraction of sp³-hybridized carbons (Fsp3) is 0.333. The van der Waals surface area contributed by atoms with Crippen LogP contribution >= 0.6 is 0 Å². The Morgan fingerprint density at radius 3 is 2.47 bits per heavy atom. The average molecular weight is 546 g/mol. The number of primary amides is 1. The number of hydrogen-bond donors (Lipinski definition) is 6. The van der Waals surface area contributed by atoms with Crippen molar-refractivity contribution in [2.24, 2.45) is 17.6 Å². The monoisotopic (exact) mass is 545 g/mol. The van der Waals surface area contributed by atoms with Gasteiger partial charge in [-0.2, -0.15) is 0 Å². The summed E-state index contributed by atoms with van der Waals surface area (Å²) >= 11 is 0. The van der Waals surface area contributed by atoms with Gasteiger partial charge in [0.15, 0.2) is 27.8 Å². The average Bonchev–Trinajstić information content (AvgIpc) is 3.16. The molecule has 3 aliphatic rings. The molecule has 13 nitrogen and oxygen atoms in total. The molecule has 1 saturated carbocycles. The number of phenolic OH excluding ortho intramolecular Hbond substituents is 1. The first-order valence-corrected chi connectivity index (χ1v) is 13.0. The maximum absolute atomic E-state index is 13.5. The number of nitrogens with one attached hydrogen (secondary N) is 1. The highest BCUT2D eigenvalue weighted by atomic mass is 32.2. The summed E-state index contributed by atoms with van der Waals surface area (Å²) in [6, 6.07) is 2.76. The van der Waals surface area contributed by atoms with Crippen LogP contribution in [-0.2, 0) is 30.8 Å². The number of carbonyl (C=O) groups is 3. The van der Waals surface area contributed by atoms with Crippen molar-refractivity contribution in [3.05, 3.63) is 51.6 Å². The molecule has 14 heteroatoms. The minimum atomic E-state index is -4.27. The van der Waals surface area contributed by atoms with Gasteiger partial charge in [0.25, 0.3) is 15.9 Å². The maximum atomic E-state index is 13.5. The fourth-order valence-electron chi connectivity index (χ4n) is 5.73. The standard InChI is InChI=1S/C24H23N3O10S/c1-8-20(9(2)37-26-8)38(35,36)27-13-4-3-10-5-11-6-12-7-14(28)17(23(25)33)22(32)24(12,34)21(31)16(11)19(30)15(10)18(13)29/h3-4,11-12,27,29-30,32,34H,5-7H2,1-2H3,(H2,25,33). The van der Waals surface area contributed by atoms with Crippen LogP contribution in [0.25, 0.3) is 5.76 Å². The first-order chi connectivity index (χ1) is 17.7. The minimum Gasteiger partial charge on any atom is -0.508 e. The van der Waals surface area contributed by atoms with E-state index in [-0.39, 0.29) is 46.0 Å². The second-order valence-corrected chi connectivity index (χ2v) is 11.3. The van der Waals surface area contributed by atoms with E-state index >= 15 is 0 Å². The van der Waals surface area contributed by atoms with Crippen molar-refractivity contribution in [3.8, 4) is 5.75 Å². The van der Waals surface area contributed by atoms with E-state index in [9.17, 15) is 43.2 Å². The third-order valence-electron chi connectivity index (χ3n) is 7.42. The second-order valence-electron chi connectivity index (χ2n) is 9.66. The van der Waals surface area contributed by atoms with E-state index in [2.05, 4.69) is 9.88 Å². The van der Waals surface area contributed by atoms with Crippen molar-refractivity contribution >= 4 is 38.9 Å². The number of nitrogens with zero attached hydrogens (tertiary/aromatic N) is 1. The number of rotatable bonds is 4. The second kappa shape index (κ2) is 8.16. The Bertz CT molecular complexity index is 1610. The molecular weight excluding hydrogens is 522 g/mol. The van der Waals surface area contributed by atoms with Gasteiger partial charge >= 0.3 is 0 Å². The quantitative estimate of drug-likeness (QED) is 0.233. The van der Waals surface area contributed by atoms with Gasteiger partial charge in [0.1, 0.15) is 22.8 Å². The number of fused-ring (bicyclic) bond motifs is 3.